The predicted octanol–water partition coefficient (Wildman–Crippen LogP) is 5.73. The van der Waals surface area contributed by atoms with Gasteiger partial charge in [0.1, 0.15) is 5.58 Å². The number of rotatable bonds is 0. The van der Waals surface area contributed by atoms with Crippen molar-refractivity contribution in [3.63, 3.8) is 0 Å². The van der Waals surface area contributed by atoms with E-state index in [0.717, 1.165) is 20.1 Å². The molecule has 86 valence electrons. The molecule has 0 saturated carbocycles. The molecule has 3 rings (SSSR count). The number of hydrogen-bond donors (Lipinski definition) is 0. The molecule has 0 aliphatic carbocycles. The van der Waals surface area contributed by atoms with Crippen LogP contribution in [0.2, 0.25) is 0 Å². The maximum absolute atomic E-state index is 5.92. The van der Waals surface area contributed by atoms with Crippen molar-refractivity contribution in [3.8, 4) is 0 Å². The predicted molar refractivity (Wildman–Crippen MR) is 78.6 cm³/mol. The van der Waals surface area contributed by atoms with Crippen molar-refractivity contribution in [2.24, 2.45) is 0 Å². The number of furan rings is 1. The van der Waals surface area contributed by atoms with E-state index >= 15 is 0 Å². The Morgan fingerprint density at radius 1 is 0.941 bits per heavy atom. The molecule has 0 unspecified atom stereocenters. The van der Waals surface area contributed by atoms with Crippen molar-refractivity contribution >= 4 is 53.8 Å². The zero-order valence-corrected chi connectivity index (χ0v) is 12.6. The number of benzene rings is 2. The lowest BCUT2D eigenvalue weighted by Crippen LogP contribution is -1.86. The zero-order chi connectivity index (χ0) is 12.2. The van der Waals surface area contributed by atoms with Crippen LogP contribution in [0.1, 0.15) is 11.1 Å². The van der Waals surface area contributed by atoms with Crippen molar-refractivity contribution in [3.05, 3.63) is 44.3 Å². The van der Waals surface area contributed by atoms with Gasteiger partial charge in [0.25, 0.3) is 0 Å². The molecule has 0 radical (unpaired) electrons. The standard InChI is InChI=1S/C14H10Br2O/c1-7-8(2)12(15)13(16)14-11(7)9-5-3-4-6-10(9)17-14/h3-6H,1-2H3. The average Bonchev–Trinajstić information content (AvgIpc) is 2.73. The van der Waals surface area contributed by atoms with Crippen LogP contribution in [0.25, 0.3) is 21.9 Å². The molecule has 2 aromatic carbocycles. The molecular weight excluding hydrogens is 344 g/mol. The highest BCUT2D eigenvalue weighted by Crippen LogP contribution is 2.41. The van der Waals surface area contributed by atoms with Gasteiger partial charge >= 0.3 is 0 Å². The third-order valence-electron chi connectivity index (χ3n) is 3.25. The van der Waals surface area contributed by atoms with E-state index in [1.54, 1.807) is 0 Å². The first-order valence-corrected chi connectivity index (χ1v) is 6.95. The van der Waals surface area contributed by atoms with E-state index in [1.165, 1.54) is 21.9 Å². The fourth-order valence-corrected chi connectivity index (χ4v) is 3.24. The molecule has 3 heteroatoms. The van der Waals surface area contributed by atoms with Gasteiger partial charge in [-0.3, -0.25) is 0 Å². The Hall–Kier alpha value is -0.800. The lowest BCUT2D eigenvalue weighted by Gasteiger charge is -2.07. The summed E-state index contributed by atoms with van der Waals surface area (Å²) >= 11 is 7.20. The number of halogens is 2. The quantitative estimate of drug-likeness (QED) is 0.503. The van der Waals surface area contributed by atoms with Gasteiger partial charge in [-0.1, -0.05) is 18.2 Å². The Kier molecular flexibility index (Phi) is 2.56. The highest BCUT2D eigenvalue weighted by molar-refractivity contribution is 9.13. The molecule has 0 aliphatic heterocycles. The van der Waals surface area contributed by atoms with Crippen LogP contribution >= 0.6 is 31.9 Å². The molecule has 3 aromatic rings. The third kappa shape index (κ3) is 1.49. The molecule has 1 heterocycles. The molecule has 1 nitrogen and oxygen atoms in total. The van der Waals surface area contributed by atoms with Gasteiger partial charge in [-0.2, -0.15) is 0 Å². The minimum atomic E-state index is 0.918. The fourth-order valence-electron chi connectivity index (χ4n) is 2.19. The van der Waals surface area contributed by atoms with E-state index in [2.05, 4.69) is 51.8 Å². The average molecular weight is 354 g/mol. The van der Waals surface area contributed by atoms with Gasteiger partial charge in [0.15, 0.2) is 5.58 Å². The number of hydrogen-bond acceptors (Lipinski definition) is 1. The first-order chi connectivity index (χ1) is 8.11. The maximum atomic E-state index is 5.92. The molecule has 0 atom stereocenters. The summed E-state index contributed by atoms with van der Waals surface area (Å²) in [6, 6.07) is 8.15. The van der Waals surface area contributed by atoms with Crippen molar-refractivity contribution in [2.75, 3.05) is 0 Å². The zero-order valence-electron chi connectivity index (χ0n) is 9.47. The van der Waals surface area contributed by atoms with Crippen LogP contribution in [0.15, 0.2) is 37.6 Å². The Morgan fingerprint density at radius 2 is 1.65 bits per heavy atom. The van der Waals surface area contributed by atoms with E-state index in [9.17, 15) is 0 Å². The van der Waals surface area contributed by atoms with Crippen molar-refractivity contribution in [1.82, 2.24) is 0 Å². The summed E-state index contributed by atoms with van der Waals surface area (Å²) in [5.41, 5.74) is 4.36. The Labute approximate surface area is 116 Å². The van der Waals surface area contributed by atoms with E-state index in [4.69, 9.17) is 4.42 Å². The second-order valence-corrected chi connectivity index (χ2v) is 5.77. The van der Waals surface area contributed by atoms with Crippen LogP contribution in [0, 0.1) is 13.8 Å². The van der Waals surface area contributed by atoms with Crippen LogP contribution < -0.4 is 0 Å². The van der Waals surface area contributed by atoms with Crippen molar-refractivity contribution in [2.45, 2.75) is 13.8 Å². The topological polar surface area (TPSA) is 13.1 Å². The summed E-state index contributed by atoms with van der Waals surface area (Å²) in [5.74, 6) is 0. The Bertz CT molecular complexity index is 741. The normalized spacial score (nSPS) is 11.5. The number of fused-ring (bicyclic) bond motifs is 3. The summed E-state index contributed by atoms with van der Waals surface area (Å²) in [6.45, 7) is 4.25. The molecule has 17 heavy (non-hydrogen) atoms. The monoisotopic (exact) mass is 352 g/mol. The smallest absolute Gasteiger partial charge is 0.151 e. The van der Waals surface area contributed by atoms with Gasteiger partial charge < -0.3 is 4.42 Å². The van der Waals surface area contributed by atoms with Crippen LogP contribution in [0.4, 0.5) is 0 Å². The second-order valence-electron chi connectivity index (χ2n) is 4.18. The summed E-state index contributed by atoms with van der Waals surface area (Å²) in [4.78, 5) is 0. The lowest BCUT2D eigenvalue weighted by molar-refractivity contribution is 0.666. The third-order valence-corrected chi connectivity index (χ3v) is 5.53. The molecule has 0 bridgehead atoms. The first kappa shape index (κ1) is 11.3. The van der Waals surface area contributed by atoms with E-state index < -0.39 is 0 Å². The molecule has 0 aliphatic rings. The highest BCUT2D eigenvalue weighted by Gasteiger charge is 2.17. The van der Waals surface area contributed by atoms with Gasteiger partial charge in [0, 0.05) is 15.2 Å². The van der Waals surface area contributed by atoms with Gasteiger partial charge in [-0.15, -0.1) is 0 Å². The fraction of sp³-hybridized carbons (Fsp3) is 0.143. The maximum Gasteiger partial charge on any atom is 0.151 e. The minimum absolute atomic E-state index is 0.918. The number of aryl methyl sites for hydroxylation is 1. The summed E-state index contributed by atoms with van der Waals surface area (Å²) in [5, 5.41) is 2.38. The summed E-state index contributed by atoms with van der Waals surface area (Å²) in [6.07, 6.45) is 0. The molecular formula is C14H10Br2O. The van der Waals surface area contributed by atoms with E-state index in [0.29, 0.717) is 0 Å². The van der Waals surface area contributed by atoms with Crippen LogP contribution in [0.3, 0.4) is 0 Å². The van der Waals surface area contributed by atoms with Gasteiger partial charge in [0.2, 0.25) is 0 Å². The second kappa shape index (κ2) is 3.85. The molecule has 0 spiro atoms. The minimum Gasteiger partial charge on any atom is -0.455 e. The first-order valence-electron chi connectivity index (χ1n) is 5.36. The summed E-state index contributed by atoms with van der Waals surface area (Å²) in [7, 11) is 0. The van der Waals surface area contributed by atoms with Gasteiger partial charge in [-0.25, -0.2) is 0 Å². The van der Waals surface area contributed by atoms with Crippen LogP contribution in [0.5, 0.6) is 0 Å². The SMILES string of the molecule is Cc1c(Br)c(Br)c2oc3ccccc3c2c1C. The number of para-hydroxylation sites is 1. The van der Waals surface area contributed by atoms with Gasteiger partial charge in [0.05, 0.1) is 4.47 Å². The lowest BCUT2D eigenvalue weighted by atomic mass is 10.0. The molecule has 0 N–H and O–H groups in total. The van der Waals surface area contributed by atoms with Crippen molar-refractivity contribution in [1.29, 1.82) is 0 Å². The Balaban J connectivity index is 2.67. The van der Waals surface area contributed by atoms with E-state index in [1.807, 2.05) is 18.2 Å². The molecule has 0 saturated heterocycles. The Morgan fingerprint density at radius 3 is 2.41 bits per heavy atom. The molecule has 1 aromatic heterocycles. The highest BCUT2D eigenvalue weighted by atomic mass is 79.9. The van der Waals surface area contributed by atoms with Crippen LogP contribution in [-0.4, -0.2) is 0 Å². The largest absolute Gasteiger partial charge is 0.455 e. The van der Waals surface area contributed by atoms with Gasteiger partial charge in [-0.05, 0) is 62.9 Å². The summed E-state index contributed by atoms with van der Waals surface area (Å²) < 4.78 is 7.99. The molecule has 0 fully saturated rings. The molecule has 0 amide bonds. The van der Waals surface area contributed by atoms with E-state index in [-0.39, 0.29) is 0 Å². The van der Waals surface area contributed by atoms with Crippen LogP contribution in [-0.2, 0) is 0 Å². The van der Waals surface area contributed by atoms with Crippen molar-refractivity contribution < 1.29 is 4.42 Å².